The minimum atomic E-state index is -0.608. The van der Waals surface area contributed by atoms with Crippen LogP contribution in [0.25, 0.3) is 22.3 Å². The van der Waals surface area contributed by atoms with E-state index in [-0.39, 0.29) is 11.3 Å². The van der Waals surface area contributed by atoms with Crippen molar-refractivity contribution in [3.05, 3.63) is 96.3 Å². The molecule has 0 heterocycles. The van der Waals surface area contributed by atoms with Gasteiger partial charge >= 0.3 is 11.9 Å². The van der Waals surface area contributed by atoms with E-state index in [0.717, 1.165) is 16.7 Å². The molecule has 0 aromatic heterocycles. The Morgan fingerprint density at radius 3 is 1.71 bits per heavy atom. The van der Waals surface area contributed by atoms with Crippen molar-refractivity contribution in [1.82, 2.24) is 0 Å². The van der Waals surface area contributed by atoms with Gasteiger partial charge in [0.05, 0.1) is 6.61 Å². The SMILES string of the molecule is C=C(C)C(=O)Oc1ccc(-c2ccc(-c3ccc(OC(=O)C(=C)C)cc3COC)cc2)c(F)c1. The summed E-state index contributed by atoms with van der Waals surface area (Å²) < 4.78 is 30.4. The third-order valence-corrected chi connectivity index (χ3v) is 4.94. The van der Waals surface area contributed by atoms with Crippen LogP contribution in [0.15, 0.2) is 85.0 Å². The predicted octanol–water partition coefficient (Wildman–Crippen LogP) is 6.27. The molecule has 174 valence electrons. The first-order chi connectivity index (χ1) is 16.2. The van der Waals surface area contributed by atoms with E-state index in [4.69, 9.17) is 14.2 Å². The smallest absolute Gasteiger partial charge is 0.338 e. The number of benzene rings is 3. The van der Waals surface area contributed by atoms with Crippen molar-refractivity contribution in [1.29, 1.82) is 0 Å². The molecule has 3 aromatic carbocycles. The van der Waals surface area contributed by atoms with Gasteiger partial charge in [-0.2, -0.15) is 0 Å². The van der Waals surface area contributed by atoms with Gasteiger partial charge in [0.15, 0.2) is 0 Å². The summed E-state index contributed by atoms with van der Waals surface area (Å²) in [6.45, 7) is 10.5. The van der Waals surface area contributed by atoms with E-state index in [1.807, 2.05) is 18.2 Å². The highest BCUT2D eigenvalue weighted by Crippen LogP contribution is 2.32. The van der Waals surface area contributed by atoms with Crippen molar-refractivity contribution >= 4 is 11.9 Å². The van der Waals surface area contributed by atoms with Gasteiger partial charge < -0.3 is 14.2 Å². The lowest BCUT2D eigenvalue weighted by molar-refractivity contribution is -0.130. The van der Waals surface area contributed by atoms with Gasteiger partial charge in [-0.15, -0.1) is 0 Å². The molecule has 0 fully saturated rings. The van der Waals surface area contributed by atoms with Crippen LogP contribution < -0.4 is 9.47 Å². The molecule has 0 aliphatic carbocycles. The lowest BCUT2D eigenvalue weighted by Gasteiger charge is -2.13. The topological polar surface area (TPSA) is 61.8 Å². The molecule has 0 atom stereocenters. The summed E-state index contributed by atoms with van der Waals surface area (Å²) in [6.07, 6.45) is 0. The van der Waals surface area contributed by atoms with Gasteiger partial charge in [-0.3, -0.25) is 0 Å². The zero-order chi connectivity index (χ0) is 24.8. The van der Waals surface area contributed by atoms with Gasteiger partial charge in [0.25, 0.3) is 0 Å². The lowest BCUT2D eigenvalue weighted by Crippen LogP contribution is -2.08. The Morgan fingerprint density at radius 2 is 1.24 bits per heavy atom. The number of esters is 2. The molecule has 0 radical (unpaired) electrons. The first kappa shape index (κ1) is 24.6. The van der Waals surface area contributed by atoms with E-state index < -0.39 is 17.8 Å². The van der Waals surface area contributed by atoms with Crippen LogP contribution in [-0.2, 0) is 20.9 Å². The highest BCUT2D eigenvalue weighted by atomic mass is 19.1. The largest absolute Gasteiger partial charge is 0.423 e. The highest BCUT2D eigenvalue weighted by Gasteiger charge is 2.13. The van der Waals surface area contributed by atoms with Crippen LogP contribution in [0.4, 0.5) is 4.39 Å². The summed E-state index contributed by atoms with van der Waals surface area (Å²) in [5.41, 5.74) is 4.20. The third kappa shape index (κ3) is 5.85. The zero-order valence-electron chi connectivity index (χ0n) is 19.3. The molecule has 5 nitrogen and oxygen atoms in total. The van der Waals surface area contributed by atoms with E-state index in [1.165, 1.54) is 19.1 Å². The van der Waals surface area contributed by atoms with Crippen molar-refractivity contribution in [2.45, 2.75) is 20.5 Å². The fraction of sp³-hybridized carbons (Fsp3) is 0.143. The molecule has 0 aliphatic heterocycles. The van der Waals surface area contributed by atoms with Crippen molar-refractivity contribution in [2.75, 3.05) is 7.11 Å². The Morgan fingerprint density at radius 1 is 0.765 bits per heavy atom. The molecular formula is C28H25FO5. The number of hydrogen-bond acceptors (Lipinski definition) is 5. The van der Waals surface area contributed by atoms with Crippen LogP contribution in [-0.4, -0.2) is 19.0 Å². The maximum atomic E-state index is 14.7. The summed E-state index contributed by atoms with van der Waals surface area (Å²) in [5.74, 6) is -1.10. The summed E-state index contributed by atoms with van der Waals surface area (Å²) in [5, 5.41) is 0. The maximum Gasteiger partial charge on any atom is 0.338 e. The Kier molecular flexibility index (Phi) is 7.76. The molecule has 0 saturated heterocycles. The lowest BCUT2D eigenvalue weighted by atomic mass is 9.96. The van der Waals surface area contributed by atoms with E-state index >= 15 is 0 Å². The van der Waals surface area contributed by atoms with Gasteiger partial charge in [0, 0.05) is 29.9 Å². The molecule has 6 heteroatoms. The quantitative estimate of drug-likeness (QED) is 0.225. The molecule has 0 spiro atoms. The summed E-state index contributed by atoms with van der Waals surface area (Å²) in [4.78, 5) is 23.5. The number of halogens is 1. The van der Waals surface area contributed by atoms with Gasteiger partial charge in [0.2, 0.25) is 0 Å². The molecular weight excluding hydrogens is 435 g/mol. The first-order valence-electron chi connectivity index (χ1n) is 10.5. The standard InChI is InChI=1S/C28H25FO5/c1-17(2)27(30)33-22-10-12-24(21(14-22)16-32-5)19-6-8-20(9-7-19)25-13-11-23(15-26(25)29)34-28(31)18(3)4/h6-15H,1,3,16H2,2,4-5H3. The van der Waals surface area contributed by atoms with Gasteiger partial charge in [0.1, 0.15) is 17.3 Å². The maximum absolute atomic E-state index is 14.7. The van der Waals surface area contributed by atoms with Crippen molar-refractivity contribution in [3.8, 4) is 33.8 Å². The van der Waals surface area contributed by atoms with Crippen LogP contribution >= 0.6 is 0 Å². The third-order valence-electron chi connectivity index (χ3n) is 4.94. The van der Waals surface area contributed by atoms with Crippen LogP contribution in [0.3, 0.4) is 0 Å². The molecule has 34 heavy (non-hydrogen) atoms. The van der Waals surface area contributed by atoms with Gasteiger partial charge in [-0.25, -0.2) is 14.0 Å². The summed E-state index contributed by atoms with van der Waals surface area (Å²) in [6, 6.07) is 16.9. The van der Waals surface area contributed by atoms with E-state index in [0.29, 0.717) is 29.1 Å². The predicted molar refractivity (Wildman–Crippen MR) is 129 cm³/mol. The monoisotopic (exact) mass is 460 g/mol. The summed E-state index contributed by atoms with van der Waals surface area (Å²) in [7, 11) is 1.58. The number of hydrogen-bond donors (Lipinski definition) is 0. The van der Waals surface area contributed by atoms with Crippen LogP contribution in [0.2, 0.25) is 0 Å². The van der Waals surface area contributed by atoms with Crippen LogP contribution in [0.1, 0.15) is 19.4 Å². The van der Waals surface area contributed by atoms with Crippen LogP contribution in [0.5, 0.6) is 11.5 Å². The second-order valence-electron chi connectivity index (χ2n) is 7.81. The highest BCUT2D eigenvalue weighted by molar-refractivity contribution is 5.89. The van der Waals surface area contributed by atoms with Gasteiger partial charge in [-0.05, 0) is 60.4 Å². The molecule has 0 amide bonds. The van der Waals surface area contributed by atoms with Crippen molar-refractivity contribution in [3.63, 3.8) is 0 Å². The fourth-order valence-electron chi connectivity index (χ4n) is 3.20. The average molecular weight is 461 g/mol. The second-order valence-corrected chi connectivity index (χ2v) is 7.81. The number of rotatable bonds is 8. The summed E-state index contributed by atoms with van der Waals surface area (Å²) >= 11 is 0. The molecule has 0 aliphatic rings. The Bertz CT molecular complexity index is 1260. The molecule has 0 unspecified atom stereocenters. The molecule has 0 N–H and O–H groups in total. The average Bonchev–Trinajstić information content (AvgIpc) is 2.80. The Hall–Kier alpha value is -4.03. The first-order valence-corrected chi connectivity index (χ1v) is 10.5. The van der Waals surface area contributed by atoms with Gasteiger partial charge in [-0.1, -0.05) is 43.5 Å². The minimum Gasteiger partial charge on any atom is -0.423 e. The fourth-order valence-corrected chi connectivity index (χ4v) is 3.20. The van der Waals surface area contributed by atoms with E-state index in [2.05, 4.69) is 13.2 Å². The van der Waals surface area contributed by atoms with E-state index in [9.17, 15) is 14.0 Å². The number of carbonyl (C=O) groups is 2. The molecule has 3 aromatic rings. The zero-order valence-corrected chi connectivity index (χ0v) is 19.3. The second kappa shape index (κ2) is 10.7. The van der Waals surface area contributed by atoms with Crippen LogP contribution in [0, 0.1) is 5.82 Å². The number of ether oxygens (including phenoxy) is 3. The Labute approximate surface area is 198 Å². The molecule has 3 rings (SSSR count). The minimum absolute atomic E-state index is 0.113. The number of methoxy groups -OCH3 is 1. The number of carbonyl (C=O) groups excluding carboxylic acids is 2. The van der Waals surface area contributed by atoms with E-state index in [1.54, 1.807) is 44.4 Å². The van der Waals surface area contributed by atoms with Crippen molar-refractivity contribution < 1.29 is 28.2 Å². The Balaban J connectivity index is 1.86. The normalized spacial score (nSPS) is 10.5. The van der Waals surface area contributed by atoms with Crippen molar-refractivity contribution in [2.24, 2.45) is 0 Å². The molecule has 0 saturated carbocycles. The molecule has 0 bridgehead atoms.